The molecule has 0 fully saturated rings. The average molecular weight is 851 g/mol. The van der Waals surface area contributed by atoms with Gasteiger partial charge in [-0.05, 0) is 120 Å². The maximum absolute atomic E-state index is 2.57. The summed E-state index contributed by atoms with van der Waals surface area (Å²) in [6.07, 6.45) is 0. The van der Waals surface area contributed by atoms with E-state index in [2.05, 4.69) is 276 Å². The number of hydrogen-bond donors (Lipinski definition) is 0. The van der Waals surface area contributed by atoms with Crippen molar-refractivity contribution in [1.82, 2.24) is 0 Å². The summed E-state index contributed by atoms with van der Waals surface area (Å²) < 4.78 is 0. The Kier molecular flexibility index (Phi) is 10.0. The first-order valence-corrected chi connectivity index (χ1v) is 23.5. The molecule has 2 heterocycles. The van der Waals surface area contributed by atoms with Gasteiger partial charge in [-0.2, -0.15) is 0 Å². The molecule has 320 valence electrons. The van der Waals surface area contributed by atoms with Crippen LogP contribution in [0.4, 0.5) is 34.1 Å². The molecule has 0 atom stereocenters. The number of fused-ring (bicyclic) bond motifs is 4. The van der Waals surface area contributed by atoms with Crippen molar-refractivity contribution in [3.8, 4) is 11.1 Å². The van der Waals surface area contributed by atoms with E-state index in [4.69, 9.17) is 0 Å². The summed E-state index contributed by atoms with van der Waals surface area (Å²) in [7, 11) is 0. The van der Waals surface area contributed by atoms with Gasteiger partial charge in [0.05, 0.1) is 5.41 Å². The molecule has 2 aliphatic heterocycles. The van der Waals surface area contributed by atoms with Crippen LogP contribution in [0.15, 0.2) is 224 Å². The monoisotopic (exact) mass is 850 g/mol. The van der Waals surface area contributed by atoms with E-state index < -0.39 is 5.41 Å². The van der Waals surface area contributed by atoms with Gasteiger partial charge in [-0.25, -0.2) is 0 Å². The molecular weight excluding hydrogens is 796 g/mol. The van der Waals surface area contributed by atoms with Crippen molar-refractivity contribution in [2.24, 2.45) is 0 Å². The van der Waals surface area contributed by atoms with Gasteiger partial charge < -0.3 is 9.80 Å². The minimum Gasteiger partial charge on any atom is -0.311 e. The fraction of sp³-hybridized carbons (Fsp3) is 0.143. The van der Waals surface area contributed by atoms with Crippen LogP contribution in [-0.2, 0) is 16.2 Å². The van der Waals surface area contributed by atoms with Gasteiger partial charge in [0.2, 0.25) is 0 Å². The lowest BCUT2D eigenvalue weighted by molar-refractivity contribution is 0.590. The molecule has 0 aromatic heterocycles. The molecular formula is C63H55BN2. The van der Waals surface area contributed by atoms with Crippen molar-refractivity contribution in [3.63, 3.8) is 0 Å². The smallest absolute Gasteiger partial charge is 0.252 e. The van der Waals surface area contributed by atoms with Crippen LogP contribution in [0.3, 0.4) is 0 Å². The number of rotatable bonds is 7. The van der Waals surface area contributed by atoms with Crippen molar-refractivity contribution in [1.29, 1.82) is 0 Å². The fourth-order valence-corrected chi connectivity index (χ4v) is 10.8. The second-order valence-corrected chi connectivity index (χ2v) is 20.2. The third-order valence-electron chi connectivity index (χ3n) is 14.1. The minimum atomic E-state index is -0.544. The minimum absolute atomic E-state index is 0.0171. The molecule has 0 unspecified atom stereocenters. The standard InChI is InChI=1S/C63H55BN2/c1-61(2,3)50-30-21-31-53(42-50)66-57-43-51(62(4,5)6)36-39-55(57)64-54-32-19-20-33-56(54)65(58-40-45(41-59(66)60(58)64)44-22-11-7-12-23-44)52-37-34-49(35-38-52)63(46-24-13-8-14-25-46,47-26-15-9-16-27-47)48-28-17-10-18-29-48/h7-43H,1-6H3. The van der Waals surface area contributed by atoms with Crippen LogP contribution in [0.5, 0.6) is 0 Å². The molecule has 0 spiro atoms. The molecule has 0 bridgehead atoms. The normalized spacial score (nSPS) is 13.2. The van der Waals surface area contributed by atoms with E-state index in [9.17, 15) is 0 Å². The number of hydrogen-bond acceptors (Lipinski definition) is 2. The average Bonchev–Trinajstić information content (AvgIpc) is 3.35. The Balaban J connectivity index is 1.18. The number of nitrogens with zero attached hydrogens (tertiary/aromatic N) is 2. The predicted molar refractivity (Wildman–Crippen MR) is 282 cm³/mol. The highest BCUT2D eigenvalue weighted by molar-refractivity contribution is 7.00. The molecule has 9 aromatic carbocycles. The van der Waals surface area contributed by atoms with E-state index >= 15 is 0 Å². The van der Waals surface area contributed by atoms with Gasteiger partial charge in [-0.1, -0.05) is 217 Å². The van der Waals surface area contributed by atoms with Crippen LogP contribution in [0.2, 0.25) is 0 Å². The van der Waals surface area contributed by atoms with Gasteiger partial charge in [-0.15, -0.1) is 0 Å². The zero-order valence-electron chi connectivity index (χ0n) is 38.8. The number of benzene rings is 9. The Bertz CT molecular complexity index is 3100. The van der Waals surface area contributed by atoms with E-state index in [-0.39, 0.29) is 17.5 Å². The van der Waals surface area contributed by atoms with E-state index in [0.29, 0.717) is 0 Å². The van der Waals surface area contributed by atoms with E-state index in [1.165, 1.54) is 89.3 Å². The molecule has 0 radical (unpaired) electrons. The van der Waals surface area contributed by atoms with Crippen LogP contribution >= 0.6 is 0 Å². The highest BCUT2D eigenvalue weighted by Gasteiger charge is 2.44. The molecule has 9 aromatic rings. The van der Waals surface area contributed by atoms with E-state index in [1.54, 1.807) is 0 Å². The maximum atomic E-state index is 2.57. The number of anilines is 6. The largest absolute Gasteiger partial charge is 0.311 e. The molecule has 0 saturated heterocycles. The second kappa shape index (κ2) is 16.0. The Labute approximate surface area is 392 Å². The zero-order chi connectivity index (χ0) is 45.2. The Morgan fingerprint density at radius 1 is 0.303 bits per heavy atom. The summed E-state index contributed by atoms with van der Waals surface area (Å²) in [5.41, 5.74) is 20.4. The molecule has 0 saturated carbocycles. The first-order chi connectivity index (χ1) is 32.0. The topological polar surface area (TPSA) is 6.48 Å². The van der Waals surface area contributed by atoms with Gasteiger partial charge in [0.15, 0.2) is 0 Å². The third-order valence-corrected chi connectivity index (χ3v) is 14.1. The van der Waals surface area contributed by atoms with Crippen molar-refractivity contribution in [2.45, 2.75) is 57.8 Å². The highest BCUT2D eigenvalue weighted by atomic mass is 15.2. The lowest BCUT2D eigenvalue weighted by Gasteiger charge is -2.45. The van der Waals surface area contributed by atoms with Crippen LogP contribution in [0.1, 0.15) is 74.9 Å². The number of para-hydroxylation sites is 1. The van der Waals surface area contributed by atoms with Crippen molar-refractivity contribution in [2.75, 3.05) is 9.80 Å². The van der Waals surface area contributed by atoms with E-state index in [1.807, 2.05) is 0 Å². The molecule has 0 amide bonds. The van der Waals surface area contributed by atoms with Gasteiger partial charge >= 0.3 is 0 Å². The van der Waals surface area contributed by atoms with Crippen LogP contribution in [0.25, 0.3) is 11.1 Å². The Morgan fingerprint density at radius 2 is 0.742 bits per heavy atom. The Hall–Kier alpha value is -7.36. The lowest BCUT2D eigenvalue weighted by Crippen LogP contribution is -2.61. The third kappa shape index (κ3) is 6.80. The van der Waals surface area contributed by atoms with Crippen molar-refractivity contribution < 1.29 is 0 Å². The summed E-state index contributed by atoms with van der Waals surface area (Å²) in [5, 5.41) is 0. The molecule has 11 rings (SSSR count). The molecule has 66 heavy (non-hydrogen) atoms. The molecule has 0 N–H and O–H groups in total. The van der Waals surface area contributed by atoms with Gasteiger partial charge in [0.25, 0.3) is 6.71 Å². The lowest BCUT2D eigenvalue weighted by atomic mass is 9.33. The van der Waals surface area contributed by atoms with Crippen LogP contribution in [-0.4, -0.2) is 6.71 Å². The SMILES string of the molecule is CC(C)(C)c1cccc(N2c3cc(C(C)(C)C)ccc3B3c4ccccc4N(c4ccc(C(c5ccccc5)(c5ccccc5)c5ccccc5)cc4)c4cc(-c5ccccc5)cc2c43)c1. The van der Waals surface area contributed by atoms with Gasteiger partial charge in [0.1, 0.15) is 0 Å². The quantitative estimate of drug-likeness (QED) is 0.116. The first-order valence-electron chi connectivity index (χ1n) is 23.5. The molecule has 3 heteroatoms. The summed E-state index contributed by atoms with van der Waals surface area (Å²) in [5.74, 6) is 0. The molecule has 0 aliphatic carbocycles. The maximum Gasteiger partial charge on any atom is 0.252 e. The highest BCUT2D eigenvalue weighted by Crippen LogP contribution is 2.49. The summed E-state index contributed by atoms with van der Waals surface area (Å²) in [6, 6.07) is 83.9. The first kappa shape index (κ1) is 41.4. The summed E-state index contributed by atoms with van der Waals surface area (Å²) in [6.45, 7) is 13.9. The zero-order valence-corrected chi connectivity index (χ0v) is 38.8. The van der Waals surface area contributed by atoms with Crippen molar-refractivity contribution in [3.05, 3.63) is 258 Å². The van der Waals surface area contributed by atoms with E-state index in [0.717, 1.165) is 5.69 Å². The van der Waals surface area contributed by atoms with Gasteiger partial charge in [-0.3, -0.25) is 0 Å². The predicted octanol–water partition coefficient (Wildman–Crippen LogP) is 14.4. The van der Waals surface area contributed by atoms with Gasteiger partial charge in [0, 0.05) is 34.1 Å². The fourth-order valence-electron chi connectivity index (χ4n) is 10.8. The summed E-state index contributed by atoms with van der Waals surface area (Å²) in [4.78, 5) is 5.11. The Morgan fingerprint density at radius 3 is 1.30 bits per heavy atom. The molecule has 2 nitrogen and oxygen atoms in total. The second-order valence-electron chi connectivity index (χ2n) is 20.2. The van der Waals surface area contributed by atoms with Crippen LogP contribution in [0, 0.1) is 0 Å². The van der Waals surface area contributed by atoms with Crippen molar-refractivity contribution >= 4 is 57.2 Å². The van der Waals surface area contributed by atoms with Crippen LogP contribution < -0.4 is 26.2 Å². The molecule has 2 aliphatic rings. The summed E-state index contributed by atoms with van der Waals surface area (Å²) >= 11 is 0.